The van der Waals surface area contributed by atoms with E-state index < -0.39 is 16.0 Å². The normalized spacial score (nSPS) is 12.3. The van der Waals surface area contributed by atoms with Crippen molar-refractivity contribution in [3.05, 3.63) is 70.8 Å². The van der Waals surface area contributed by atoms with Gasteiger partial charge in [-0.3, -0.25) is 0 Å². The minimum absolute atomic E-state index is 0.195. The number of ether oxygens (including phenoxy) is 1. The van der Waals surface area contributed by atoms with Gasteiger partial charge in [0.25, 0.3) is 10.0 Å². The summed E-state index contributed by atoms with van der Waals surface area (Å²) in [7, 11) is -3.76. The van der Waals surface area contributed by atoms with Crippen LogP contribution in [0.15, 0.2) is 70.2 Å². The molecule has 0 aliphatic carbocycles. The molecule has 0 atom stereocenters. The van der Waals surface area contributed by atoms with Gasteiger partial charge in [-0.25, -0.2) is 17.2 Å². The van der Waals surface area contributed by atoms with Crippen LogP contribution in [0.5, 0.6) is 0 Å². The molecule has 0 unspecified atom stereocenters. The summed E-state index contributed by atoms with van der Waals surface area (Å²) in [4.78, 5) is 12.0. The number of nitrogens with zero attached hydrogens (tertiary/aromatic N) is 1. The second-order valence-corrected chi connectivity index (χ2v) is 8.10. The number of carbonyl (C=O) groups excluding carboxylic acids is 1. The lowest BCUT2D eigenvalue weighted by atomic mass is 10.1. The van der Waals surface area contributed by atoms with Crippen LogP contribution in [0.2, 0.25) is 0 Å². The summed E-state index contributed by atoms with van der Waals surface area (Å²) in [6.07, 6.45) is 3.07. The summed E-state index contributed by atoms with van der Waals surface area (Å²) >= 11 is 3.20. The number of para-hydroxylation sites is 1. The number of aromatic nitrogens is 1. The zero-order chi connectivity index (χ0) is 18.7. The molecule has 0 saturated carbocycles. The first-order valence-electron chi connectivity index (χ1n) is 7.90. The van der Waals surface area contributed by atoms with Crippen molar-refractivity contribution >= 4 is 48.9 Å². The van der Waals surface area contributed by atoms with Gasteiger partial charge < -0.3 is 4.74 Å². The molecule has 0 aliphatic rings. The van der Waals surface area contributed by atoms with E-state index in [4.69, 9.17) is 4.74 Å². The van der Waals surface area contributed by atoms with E-state index in [1.165, 1.54) is 10.2 Å². The lowest BCUT2D eigenvalue weighted by molar-refractivity contribution is -0.137. The molecule has 2 aromatic carbocycles. The van der Waals surface area contributed by atoms with Crippen LogP contribution in [0.1, 0.15) is 12.5 Å². The fraction of sp³-hybridized carbons (Fsp3) is 0.105. The van der Waals surface area contributed by atoms with Gasteiger partial charge in [0.05, 0.1) is 17.0 Å². The quantitative estimate of drug-likeness (QED) is 0.447. The van der Waals surface area contributed by atoms with Gasteiger partial charge in [0.1, 0.15) is 4.48 Å². The first-order valence-corrected chi connectivity index (χ1v) is 10.1. The molecule has 5 nitrogen and oxygen atoms in total. The summed E-state index contributed by atoms with van der Waals surface area (Å²) in [6.45, 7) is 1.97. The monoisotopic (exact) mass is 433 g/mol. The van der Waals surface area contributed by atoms with Crippen molar-refractivity contribution < 1.29 is 17.9 Å². The van der Waals surface area contributed by atoms with E-state index in [2.05, 4.69) is 15.9 Å². The van der Waals surface area contributed by atoms with Gasteiger partial charge in [-0.1, -0.05) is 36.4 Å². The lowest BCUT2D eigenvalue weighted by Gasteiger charge is -2.07. The van der Waals surface area contributed by atoms with Crippen molar-refractivity contribution in [1.82, 2.24) is 3.97 Å². The Morgan fingerprint density at radius 1 is 1.12 bits per heavy atom. The number of benzene rings is 2. The Morgan fingerprint density at radius 3 is 2.46 bits per heavy atom. The molecule has 0 aliphatic heterocycles. The highest BCUT2D eigenvalue weighted by molar-refractivity contribution is 9.12. The highest BCUT2D eigenvalue weighted by Gasteiger charge is 2.21. The number of fused-ring (bicyclic) bond motifs is 1. The lowest BCUT2D eigenvalue weighted by Crippen LogP contribution is -2.11. The van der Waals surface area contributed by atoms with Crippen LogP contribution in [0.4, 0.5) is 0 Å². The van der Waals surface area contributed by atoms with Crippen molar-refractivity contribution in [2.45, 2.75) is 11.8 Å². The largest absolute Gasteiger partial charge is 0.462 e. The zero-order valence-electron chi connectivity index (χ0n) is 13.9. The zero-order valence-corrected chi connectivity index (χ0v) is 16.3. The minimum Gasteiger partial charge on any atom is -0.462 e. The Bertz CT molecular complexity index is 1090. The molecule has 1 aromatic heterocycles. The SMILES string of the molecule is CCOC(=O)/C(Br)=C/c1cn(S(=O)(=O)c2ccccc2)c2ccccc12. The fourth-order valence-corrected chi connectivity index (χ4v) is 4.35. The van der Waals surface area contributed by atoms with Crippen molar-refractivity contribution in [3.8, 4) is 0 Å². The number of rotatable bonds is 5. The number of hydrogen-bond donors (Lipinski definition) is 0. The van der Waals surface area contributed by atoms with Crippen LogP contribution in [0.25, 0.3) is 17.0 Å². The maximum Gasteiger partial charge on any atom is 0.345 e. The molecule has 0 N–H and O–H groups in total. The molecule has 0 radical (unpaired) electrons. The van der Waals surface area contributed by atoms with Gasteiger partial charge in [0, 0.05) is 17.1 Å². The third-order valence-corrected chi connectivity index (χ3v) is 6.00. The molecule has 3 rings (SSSR count). The maximum absolute atomic E-state index is 13.0. The summed E-state index contributed by atoms with van der Waals surface area (Å²) < 4.78 is 32.4. The number of hydrogen-bond acceptors (Lipinski definition) is 4. The minimum atomic E-state index is -3.76. The van der Waals surface area contributed by atoms with Crippen LogP contribution >= 0.6 is 15.9 Å². The van der Waals surface area contributed by atoms with E-state index in [0.717, 1.165) is 0 Å². The molecule has 7 heteroatoms. The predicted octanol–water partition coefficient (Wildman–Crippen LogP) is 4.18. The molecule has 0 bridgehead atoms. The Labute approximate surface area is 160 Å². The van der Waals surface area contributed by atoms with Gasteiger partial charge in [0.15, 0.2) is 0 Å². The van der Waals surface area contributed by atoms with E-state index in [-0.39, 0.29) is 16.0 Å². The summed E-state index contributed by atoms with van der Waals surface area (Å²) in [5, 5.41) is 0.716. The van der Waals surface area contributed by atoms with E-state index in [9.17, 15) is 13.2 Å². The van der Waals surface area contributed by atoms with Crippen LogP contribution in [0.3, 0.4) is 0 Å². The highest BCUT2D eigenvalue weighted by atomic mass is 79.9. The molecule has 134 valence electrons. The van der Waals surface area contributed by atoms with Crippen LogP contribution < -0.4 is 0 Å². The van der Waals surface area contributed by atoms with Crippen molar-refractivity contribution in [1.29, 1.82) is 0 Å². The Kier molecular flexibility index (Phi) is 5.29. The van der Waals surface area contributed by atoms with Crippen LogP contribution in [-0.2, 0) is 19.6 Å². The Hall–Kier alpha value is -2.38. The number of halogens is 1. The highest BCUT2D eigenvalue weighted by Crippen LogP contribution is 2.28. The first kappa shape index (κ1) is 18.4. The average molecular weight is 434 g/mol. The van der Waals surface area contributed by atoms with Gasteiger partial charge in [-0.05, 0) is 47.1 Å². The van der Waals surface area contributed by atoms with Crippen LogP contribution in [0, 0.1) is 0 Å². The smallest absolute Gasteiger partial charge is 0.345 e. The molecule has 26 heavy (non-hydrogen) atoms. The van der Waals surface area contributed by atoms with E-state index >= 15 is 0 Å². The number of carbonyl (C=O) groups is 1. The second-order valence-electron chi connectivity index (χ2n) is 5.43. The Balaban J connectivity index is 2.18. The third-order valence-electron chi connectivity index (χ3n) is 3.76. The van der Waals surface area contributed by atoms with Gasteiger partial charge in [-0.2, -0.15) is 0 Å². The van der Waals surface area contributed by atoms with Crippen molar-refractivity contribution in [2.75, 3.05) is 6.61 Å². The summed E-state index contributed by atoms with van der Waals surface area (Å²) in [5.41, 5.74) is 1.13. The molecule has 0 spiro atoms. The van der Waals surface area contributed by atoms with E-state index in [1.54, 1.807) is 55.5 Å². The van der Waals surface area contributed by atoms with Gasteiger partial charge in [0.2, 0.25) is 0 Å². The molecule has 0 amide bonds. The summed E-state index contributed by atoms with van der Waals surface area (Å²) in [5.74, 6) is -0.504. The number of esters is 1. The molecule has 3 aromatic rings. The second kappa shape index (κ2) is 7.47. The van der Waals surface area contributed by atoms with E-state index in [1.807, 2.05) is 12.1 Å². The van der Waals surface area contributed by atoms with Crippen LogP contribution in [-0.4, -0.2) is 25.0 Å². The van der Waals surface area contributed by atoms with Crippen molar-refractivity contribution in [2.24, 2.45) is 0 Å². The van der Waals surface area contributed by atoms with Crippen molar-refractivity contribution in [3.63, 3.8) is 0 Å². The summed E-state index contributed by atoms with van der Waals surface area (Å²) in [6, 6.07) is 15.3. The molecular weight excluding hydrogens is 418 g/mol. The van der Waals surface area contributed by atoms with E-state index in [0.29, 0.717) is 16.5 Å². The molecular formula is C19H16BrNO4S. The fourth-order valence-electron chi connectivity index (χ4n) is 2.59. The maximum atomic E-state index is 13.0. The van der Waals surface area contributed by atoms with Gasteiger partial charge >= 0.3 is 5.97 Å². The average Bonchev–Trinajstić information content (AvgIpc) is 3.02. The predicted molar refractivity (Wildman–Crippen MR) is 105 cm³/mol. The first-order chi connectivity index (χ1) is 12.4. The molecule has 1 heterocycles. The topological polar surface area (TPSA) is 65.4 Å². The standard InChI is InChI=1S/C19H16BrNO4S/c1-2-25-19(22)17(20)12-14-13-21(18-11-7-6-10-16(14)18)26(23,24)15-8-4-3-5-9-15/h3-13H,2H2,1H3/b17-12-. The van der Waals surface area contributed by atoms with Gasteiger partial charge in [-0.15, -0.1) is 0 Å². The third kappa shape index (κ3) is 3.45. The molecule has 0 saturated heterocycles. The molecule has 0 fully saturated rings. The Morgan fingerprint density at radius 2 is 1.77 bits per heavy atom.